The van der Waals surface area contributed by atoms with Crippen LogP contribution in [0.4, 0.5) is 4.79 Å². The SMILES string of the molecule is CCOC(=O)C1CCC(NOCc2ccccc2)CC1.CCOC(=O)[C@@H]1CC[C@@H]2CN1C(=O)N2OCc1ccccc1. The predicted molar refractivity (Wildman–Crippen MR) is 155 cm³/mol. The topological polar surface area (TPSA) is 107 Å². The van der Waals surface area contributed by atoms with E-state index in [9.17, 15) is 14.4 Å². The van der Waals surface area contributed by atoms with E-state index in [4.69, 9.17) is 19.1 Å². The van der Waals surface area contributed by atoms with Crippen molar-refractivity contribution in [1.29, 1.82) is 0 Å². The molecule has 2 saturated heterocycles. The number of hydroxylamine groups is 3. The fourth-order valence-electron chi connectivity index (χ4n) is 5.52. The number of nitrogens with one attached hydrogen (secondary N) is 1. The normalized spacial score (nSPS) is 23.1. The van der Waals surface area contributed by atoms with E-state index in [1.807, 2.05) is 67.6 Å². The zero-order valence-corrected chi connectivity index (χ0v) is 24.6. The second-order valence-corrected chi connectivity index (χ2v) is 10.7. The van der Waals surface area contributed by atoms with Crippen LogP contribution in [-0.2, 0) is 42.0 Å². The van der Waals surface area contributed by atoms with Crippen LogP contribution in [0, 0.1) is 5.92 Å². The summed E-state index contributed by atoms with van der Waals surface area (Å²) in [5, 5.41) is 1.42. The Labute approximate surface area is 248 Å². The van der Waals surface area contributed by atoms with Gasteiger partial charge in [-0.05, 0) is 63.5 Å². The van der Waals surface area contributed by atoms with Gasteiger partial charge < -0.3 is 14.4 Å². The molecule has 10 heteroatoms. The summed E-state index contributed by atoms with van der Waals surface area (Å²) in [6.45, 7) is 5.86. The Balaban J connectivity index is 0.000000194. The first-order valence-corrected chi connectivity index (χ1v) is 15.0. The molecule has 1 saturated carbocycles. The maximum atomic E-state index is 12.4. The second-order valence-electron chi connectivity index (χ2n) is 10.7. The number of esters is 2. The van der Waals surface area contributed by atoms with Crippen molar-refractivity contribution in [2.24, 2.45) is 5.92 Å². The molecule has 42 heavy (non-hydrogen) atoms. The molecule has 0 spiro atoms. The van der Waals surface area contributed by atoms with Crippen LogP contribution in [0.2, 0.25) is 0 Å². The molecule has 2 aromatic rings. The smallest absolute Gasteiger partial charge is 0.345 e. The number of hydrogen-bond donors (Lipinski definition) is 1. The summed E-state index contributed by atoms with van der Waals surface area (Å²) in [5.74, 6) is -0.294. The van der Waals surface area contributed by atoms with Gasteiger partial charge in [-0.3, -0.25) is 14.5 Å². The van der Waals surface area contributed by atoms with Crippen molar-refractivity contribution in [3.05, 3.63) is 71.8 Å². The number of carbonyl (C=O) groups excluding carboxylic acids is 3. The zero-order chi connectivity index (χ0) is 29.7. The number of rotatable bonds is 11. The van der Waals surface area contributed by atoms with Gasteiger partial charge >= 0.3 is 18.0 Å². The summed E-state index contributed by atoms with van der Waals surface area (Å²) in [4.78, 5) is 48.8. The number of ether oxygens (including phenoxy) is 2. The lowest BCUT2D eigenvalue weighted by Gasteiger charge is -2.28. The van der Waals surface area contributed by atoms with Crippen molar-refractivity contribution >= 4 is 18.0 Å². The number of carbonyl (C=O) groups is 3. The lowest BCUT2D eigenvalue weighted by Crippen LogP contribution is -2.45. The van der Waals surface area contributed by atoms with Gasteiger partial charge in [0, 0.05) is 12.6 Å². The van der Waals surface area contributed by atoms with E-state index >= 15 is 0 Å². The molecular weight excluding hydrogens is 538 g/mol. The third-order valence-electron chi connectivity index (χ3n) is 7.77. The molecule has 2 atom stereocenters. The molecule has 3 aliphatic rings. The van der Waals surface area contributed by atoms with E-state index in [0.29, 0.717) is 45.4 Å². The van der Waals surface area contributed by atoms with Crippen molar-refractivity contribution in [3.8, 4) is 0 Å². The molecule has 0 unspecified atom stereocenters. The first-order valence-electron chi connectivity index (χ1n) is 15.0. The van der Waals surface area contributed by atoms with Crippen LogP contribution < -0.4 is 5.48 Å². The molecule has 2 aromatic carbocycles. The van der Waals surface area contributed by atoms with E-state index in [1.165, 1.54) is 5.06 Å². The van der Waals surface area contributed by atoms with Crippen LogP contribution in [0.3, 0.4) is 0 Å². The Morgan fingerprint density at radius 1 is 0.786 bits per heavy atom. The van der Waals surface area contributed by atoms with E-state index in [1.54, 1.807) is 11.8 Å². The molecule has 228 valence electrons. The summed E-state index contributed by atoms with van der Waals surface area (Å²) < 4.78 is 10.1. The number of benzene rings is 2. The summed E-state index contributed by atoms with van der Waals surface area (Å²) in [6, 6.07) is 19.4. The van der Waals surface area contributed by atoms with Crippen LogP contribution >= 0.6 is 0 Å². The standard InChI is InChI=1S/C16H20N2O4.C16H23NO3/c1-2-21-15(19)14-9-8-13-10-17(14)16(20)18(13)22-11-12-6-4-3-5-7-12;1-2-19-16(18)14-8-10-15(11-9-14)17-20-12-13-6-4-3-5-7-13/h3-7,13-14H,2,8-11H2,1H3;3-7,14-15,17H,2,8-12H2,1H3/t13-,14+;/m1./s1. The molecule has 2 amide bonds. The molecule has 0 aromatic heterocycles. The van der Waals surface area contributed by atoms with Gasteiger partial charge in [0.05, 0.1) is 31.8 Å². The first-order chi connectivity index (χ1) is 20.5. The fourth-order valence-corrected chi connectivity index (χ4v) is 5.52. The first kappa shape index (κ1) is 31.5. The molecular formula is C32H43N3O7. The quantitative estimate of drug-likeness (QED) is 0.299. The molecule has 2 heterocycles. The number of urea groups is 1. The van der Waals surface area contributed by atoms with Crippen LogP contribution in [0.15, 0.2) is 60.7 Å². The number of fused-ring (bicyclic) bond motifs is 2. The molecule has 0 radical (unpaired) electrons. The Kier molecular flexibility index (Phi) is 12.2. The highest BCUT2D eigenvalue weighted by molar-refractivity contribution is 5.85. The lowest BCUT2D eigenvalue weighted by molar-refractivity contribution is -0.150. The molecule has 2 aliphatic heterocycles. The maximum Gasteiger partial charge on any atom is 0.345 e. The van der Waals surface area contributed by atoms with Crippen LogP contribution in [0.5, 0.6) is 0 Å². The largest absolute Gasteiger partial charge is 0.466 e. The van der Waals surface area contributed by atoms with E-state index in [-0.39, 0.29) is 29.9 Å². The highest BCUT2D eigenvalue weighted by Gasteiger charge is 2.48. The molecule has 1 aliphatic carbocycles. The maximum absolute atomic E-state index is 12.4. The van der Waals surface area contributed by atoms with Gasteiger partial charge in [-0.2, -0.15) is 10.5 Å². The van der Waals surface area contributed by atoms with Gasteiger partial charge in [-0.25, -0.2) is 9.59 Å². The van der Waals surface area contributed by atoms with Gasteiger partial charge in [0.1, 0.15) is 12.6 Å². The Hall–Kier alpha value is -3.47. The minimum atomic E-state index is -0.478. The molecule has 3 fully saturated rings. The molecule has 10 nitrogen and oxygen atoms in total. The number of amides is 2. The number of piperidine rings is 1. The summed E-state index contributed by atoms with van der Waals surface area (Å²) in [7, 11) is 0. The van der Waals surface area contributed by atoms with E-state index in [2.05, 4.69) is 5.48 Å². The number of nitrogens with zero attached hydrogens (tertiary/aromatic N) is 2. The minimum absolute atomic E-state index is 0.0156. The summed E-state index contributed by atoms with van der Waals surface area (Å²) in [5.41, 5.74) is 5.27. The average Bonchev–Trinajstić information content (AvgIpc) is 3.26. The third kappa shape index (κ3) is 8.77. The molecule has 2 bridgehead atoms. The zero-order valence-electron chi connectivity index (χ0n) is 24.6. The highest BCUT2D eigenvalue weighted by Crippen LogP contribution is 2.31. The van der Waals surface area contributed by atoms with E-state index < -0.39 is 6.04 Å². The van der Waals surface area contributed by atoms with Crippen LogP contribution in [0.25, 0.3) is 0 Å². The van der Waals surface area contributed by atoms with Crippen molar-refractivity contribution in [2.75, 3.05) is 19.8 Å². The highest BCUT2D eigenvalue weighted by atomic mass is 16.7. The van der Waals surface area contributed by atoms with Crippen molar-refractivity contribution < 1.29 is 33.5 Å². The monoisotopic (exact) mass is 581 g/mol. The van der Waals surface area contributed by atoms with Gasteiger partial charge in [0.15, 0.2) is 0 Å². The minimum Gasteiger partial charge on any atom is -0.466 e. The Morgan fingerprint density at radius 2 is 1.38 bits per heavy atom. The summed E-state index contributed by atoms with van der Waals surface area (Å²) in [6.07, 6.45) is 5.05. The predicted octanol–water partition coefficient (Wildman–Crippen LogP) is 4.78. The average molecular weight is 582 g/mol. The van der Waals surface area contributed by atoms with Crippen molar-refractivity contribution in [2.45, 2.75) is 83.7 Å². The Bertz CT molecular complexity index is 1130. The van der Waals surface area contributed by atoms with Gasteiger partial charge in [0.25, 0.3) is 0 Å². The third-order valence-corrected chi connectivity index (χ3v) is 7.77. The molecule has 1 N–H and O–H groups in total. The van der Waals surface area contributed by atoms with Crippen LogP contribution in [0.1, 0.15) is 63.5 Å². The van der Waals surface area contributed by atoms with Gasteiger partial charge in [-0.1, -0.05) is 60.7 Å². The summed E-state index contributed by atoms with van der Waals surface area (Å²) >= 11 is 0. The van der Waals surface area contributed by atoms with Crippen molar-refractivity contribution in [3.63, 3.8) is 0 Å². The fraction of sp³-hybridized carbons (Fsp3) is 0.531. The lowest BCUT2D eigenvalue weighted by atomic mass is 9.86. The van der Waals surface area contributed by atoms with Crippen LogP contribution in [-0.4, -0.2) is 65.8 Å². The van der Waals surface area contributed by atoms with Gasteiger partial charge in [-0.15, -0.1) is 0 Å². The Morgan fingerprint density at radius 3 is 2.00 bits per heavy atom. The molecule has 5 rings (SSSR count). The van der Waals surface area contributed by atoms with Gasteiger partial charge in [0.2, 0.25) is 0 Å². The second kappa shape index (κ2) is 16.2. The van der Waals surface area contributed by atoms with Crippen molar-refractivity contribution in [1.82, 2.24) is 15.4 Å². The van der Waals surface area contributed by atoms with E-state index in [0.717, 1.165) is 43.2 Å². The number of hydrogen-bond acceptors (Lipinski definition) is 8.